The van der Waals surface area contributed by atoms with E-state index >= 15 is 0 Å². The summed E-state index contributed by atoms with van der Waals surface area (Å²) in [6.45, 7) is 3.36. The summed E-state index contributed by atoms with van der Waals surface area (Å²) in [5.41, 5.74) is -0.202. The molecule has 0 aliphatic carbocycles. The molecule has 0 atom stereocenters. The molecule has 8 nitrogen and oxygen atoms in total. The van der Waals surface area contributed by atoms with Crippen LogP contribution < -0.4 is 9.64 Å². The van der Waals surface area contributed by atoms with E-state index in [-0.39, 0.29) is 17.4 Å². The number of nitrogens with zero attached hydrogens (tertiary/aromatic N) is 4. The summed E-state index contributed by atoms with van der Waals surface area (Å²) in [7, 11) is 0. The molecule has 0 saturated carbocycles. The summed E-state index contributed by atoms with van der Waals surface area (Å²) < 4.78 is 17.1. The van der Waals surface area contributed by atoms with Crippen molar-refractivity contribution in [3.63, 3.8) is 0 Å². The molecule has 0 aromatic carbocycles. The van der Waals surface area contributed by atoms with E-state index in [1.54, 1.807) is 4.90 Å². The number of ether oxygens (including phenoxy) is 1. The van der Waals surface area contributed by atoms with Gasteiger partial charge in [0.05, 0.1) is 24.6 Å². The number of thioether (sulfide) groups is 1. The van der Waals surface area contributed by atoms with Crippen LogP contribution in [0.15, 0.2) is 5.16 Å². The van der Waals surface area contributed by atoms with Crippen molar-refractivity contribution in [3.8, 4) is 5.88 Å². The first-order valence-electron chi connectivity index (χ1n) is 7.40. The maximum absolute atomic E-state index is 11.5. The molecule has 2 heterocycles. The minimum Gasteiger partial charge on any atom is -0.616 e. The zero-order chi connectivity index (χ0) is 16.8. The van der Waals surface area contributed by atoms with Crippen molar-refractivity contribution in [1.29, 1.82) is 0 Å². The highest BCUT2D eigenvalue weighted by atomic mass is 32.2. The van der Waals surface area contributed by atoms with Gasteiger partial charge >= 0.3 is 11.6 Å². The summed E-state index contributed by atoms with van der Waals surface area (Å²) >= 11 is 0.448. The zero-order valence-corrected chi connectivity index (χ0v) is 14.8. The van der Waals surface area contributed by atoms with Crippen molar-refractivity contribution < 1.29 is 14.2 Å². The van der Waals surface area contributed by atoms with Crippen molar-refractivity contribution in [2.24, 2.45) is 0 Å². The third-order valence-corrected chi connectivity index (χ3v) is 5.22. The smallest absolute Gasteiger partial charge is 0.373 e. The van der Waals surface area contributed by atoms with E-state index in [2.05, 4.69) is 9.97 Å². The van der Waals surface area contributed by atoms with Crippen LogP contribution in [0, 0.1) is 10.1 Å². The van der Waals surface area contributed by atoms with Gasteiger partial charge in [-0.25, -0.2) is 0 Å². The van der Waals surface area contributed by atoms with E-state index in [0.717, 1.165) is 12.8 Å². The molecule has 10 heteroatoms. The summed E-state index contributed by atoms with van der Waals surface area (Å²) in [5, 5.41) is 12.0. The van der Waals surface area contributed by atoms with Crippen LogP contribution in [0.1, 0.15) is 19.8 Å². The molecule has 0 unspecified atom stereocenters. The van der Waals surface area contributed by atoms with E-state index in [1.165, 1.54) is 11.8 Å². The highest BCUT2D eigenvalue weighted by Crippen LogP contribution is 2.36. The fraction of sp³-hybridized carbons (Fsp3) is 0.692. The maximum Gasteiger partial charge on any atom is 0.373 e. The number of anilines is 1. The number of nitro groups is 1. The van der Waals surface area contributed by atoms with Gasteiger partial charge in [0.1, 0.15) is 11.5 Å². The van der Waals surface area contributed by atoms with Crippen LogP contribution in [0.25, 0.3) is 0 Å². The van der Waals surface area contributed by atoms with Gasteiger partial charge in [0.25, 0.3) is 0 Å². The van der Waals surface area contributed by atoms with Crippen LogP contribution >= 0.6 is 11.8 Å². The van der Waals surface area contributed by atoms with Gasteiger partial charge in [0, 0.05) is 0 Å². The highest BCUT2D eigenvalue weighted by Gasteiger charge is 2.32. The molecule has 0 bridgehead atoms. The van der Waals surface area contributed by atoms with E-state index in [1.807, 2.05) is 13.2 Å². The Morgan fingerprint density at radius 2 is 2.09 bits per heavy atom. The van der Waals surface area contributed by atoms with Crippen LogP contribution in [-0.4, -0.2) is 56.9 Å². The maximum atomic E-state index is 11.5. The van der Waals surface area contributed by atoms with Gasteiger partial charge in [-0.3, -0.25) is 10.1 Å². The number of unbranched alkanes of at least 4 members (excludes halogenated alkanes) is 1. The fourth-order valence-corrected chi connectivity index (χ4v) is 3.54. The normalized spacial score (nSPS) is 15.7. The first-order valence-corrected chi connectivity index (χ1v) is 10.1. The molecule has 128 valence electrons. The second-order valence-electron chi connectivity index (χ2n) is 4.98. The number of rotatable bonds is 7. The molecule has 1 aromatic heterocycles. The molecule has 0 amide bonds. The van der Waals surface area contributed by atoms with Crippen LogP contribution in [-0.2, 0) is 11.2 Å². The average Bonchev–Trinajstić information content (AvgIpc) is 2.54. The average molecular weight is 360 g/mol. The van der Waals surface area contributed by atoms with E-state index in [4.69, 9.17) is 4.74 Å². The largest absolute Gasteiger partial charge is 0.616 e. The van der Waals surface area contributed by atoms with Gasteiger partial charge in [-0.2, -0.15) is 9.97 Å². The molecular weight excluding hydrogens is 340 g/mol. The SMILES string of the molecule is CCCCOc1nc(SC)nc(N2CC[S+]([O-])CC2)c1[N+](=O)[O-]. The van der Waals surface area contributed by atoms with Crippen molar-refractivity contribution in [1.82, 2.24) is 9.97 Å². The molecule has 0 radical (unpaired) electrons. The Balaban J connectivity index is 2.37. The quantitative estimate of drug-likeness (QED) is 0.181. The topological polar surface area (TPSA) is 104 Å². The Morgan fingerprint density at radius 3 is 2.65 bits per heavy atom. The van der Waals surface area contributed by atoms with Gasteiger partial charge in [0.15, 0.2) is 5.16 Å². The number of hydrogen-bond donors (Lipinski definition) is 0. The molecule has 1 aliphatic rings. The summed E-state index contributed by atoms with van der Waals surface area (Å²) in [6, 6.07) is 0. The van der Waals surface area contributed by atoms with E-state index in [9.17, 15) is 14.7 Å². The number of aromatic nitrogens is 2. The van der Waals surface area contributed by atoms with E-state index < -0.39 is 16.1 Å². The molecule has 0 spiro atoms. The fourth-order valence-electron chi connectivity index (χ4n) is 2.14. The number of hydrogen-bond acceptors (Lipinski definition) is 8. The monoisotopic (exact) mass is 360 g/mol. The van der Waals surface area contributed by atoms with Crippen LogP contribution in [0.4, 0.5) is 11.5 Å². The Hall–Kier alpha value is -1.26. The molecular formula is C13H20N4O4S2. The Bertz CT molecular complexity index is 553. The molecule has 0 N–H and O–H groups in total. The zero-order valence-electron chi connectivity index (χ0n) is 13.2. The first kappa shape index (κ1) is 18.1. The predicted octanol–water partition coefficient (Wildman–Crippen LogP) is 1.85. The van der Waals surface area contributed by atoms with Crippen molar-refractivity contribution in [2.75, 3.05) is 42.4 Å². The lowest BCUT2D eigenvalue weighted by Crippen LogP contribution is -2.41. The van der Waals surface area contributed by atoms with Gasteiger partial charge in [0.2, 0.25) is 5.82 Å². The van der Waals surface area contributed by atoms with Crippen molar-refractivity contribution in [3.05, 3.63) is 10.1 Å². The lowest BCUT2D eigenvalue weighted by Gasteiger charge is -2.28. The van der Waals surface area contributed by atoms with Crippen molar-refractivity contribution in [2.45, 2.75) is 24.9 Å². The summed E-state index contributed by atoms with van der Waals surface area (Å²) in [6.07, 6.45) is 3.54. The first-order chi connectivity index (χ1) is 11.1. The standard InChI is InChI=1S/C13H20N4O4S2/c1-3-4-7-21-12-10(17(18)19)11(14-13(15-12)22-2)16-5-8-23(20)9-6-16/h3-9H2,1-2H3. The second kappa shape index (κ2) is 8.55. The van der Waals surface area contributed by atoms with Gasteiger partial charge in [-0.05, 0) is 12.7 Å². The van der Waals surface area contributed by atoms with Crippen molar-refractivity contribution >= 4 is 34.4 Å². The third-order valence-electron chi connectivity index (χ3n) is 3.39. The second-order valence-corrected chi connectivity index (χ2v) is 7.45. The minimum atomic E-state index is -0.862. The lowest BCUT2D eigenvalue weighted by molar-refractivity contribution is -0.385. The van der Waals surface area contributed by atoms with Gasteiger partial charge < -0.3 is 14.2 Å². The van der Waals surface area contributed by atoms with Crippen LogP contribution in [0.3, 0.4) is 0 Å². The molecule has 1 fully saturated rings. The van der Waals surface area contributed by atoms with Crippen LogP contribution in [0.2, 0.25) is 0 Å². The third kappa shape index (κ3) is 4.61. The molecule has 1 saturated heterocycles. The van der Waals surface area contributed by atoms with Crippen LogP contribution in [0.5, 0.6) is 5.88 Å². The molecule has 2 rings (SSSR count). The van der Waals surface area contributed by atoms with E-state index in [0.29, 0.717) is 36.4 Å². The molecule has 23 heavy (non-hydrogen) atoms. The highest BCUT2D eigenvalue weighted by molar-refractivity contribution is 7.98. The molecule has 1 aromatic rings. The summed E-state index contributed by atoms with van der Waals surface area (Å²) in [4.78, 5) is 21.3. The molecule has 1 aliphatic heterocycles. The van der Waals surface area contributed by atoms with Gasteiger partial charge in [-0.15, -0.1) is 0 Å². The van der Waals surface area contributed by atoms with Gasteiger partial charge in [-0.1, -0.05) is 36.3 Å². The Morgan fingerprint density at radius 1 is 1.39 bits per heavy atom. The minimum absolute atomic E-state index is 0.0181. The summed E-state index contributed by atoms with van der Waals surface area (Å²) in [5.74, 6) is 1.26. The Kier molecular flexibility index (Phi) is 6.72. The lowest BCUT2D eigenvalue weighted by atomic mass is 10.3. The predicted molar refractivity (Wildman–Crippen MR) is 91.0 cm³/mol. The Labute approximate surface area is 142 Å².